The number of amides is 1. The SMILES string of the molecule is Cc1cc([C@H](C)N)cnc1N1CCN(C(=O)OC(C)(C)C)CC1. The lowest BCUT2D eigenvalue weighted by Crippen LogP contribution is -2.50. The van der Waals surface area contributed by atoms with Crippen LogP contribution in [0, 0.1) is 6.92 Å². The highest BCUT2D eigenvalue weighted by Crippen LogP contribution is 2.22. The number of piperazine rings is 1. The second-order valence-corrected chi connectivity index (χ2v) is 7.15. The molecule has 0 spiro atoms. The molecule has 6 nitrogen and oxygen atoms in total. The van der Waals surface area contributed by atoms with Crippen molar-refractivity contribution in [1.29, 1.82) is 0 Å². The van der Waals surface area contributed by atoms with Crippen molar-refractivity contribution in [3.05, 3.63) is 23.4 Å². The maximum atomic E-state index is 12.1. The van der Waals surface area contributed by atoms with E-state index in [1.54, 1.807) is 4.90 Å². The Morgan fingerprint density at radius 1 is 1.30 bits per heavy atom. The van der Waals surface area contributed by atoms with E-state index >= 15 is 0 Å². The molecule has 2 rings (SSSR count). The van der Waals surface area contributed by atoms with E-state index in [1.807, 2.05) is 33.9 Å². The number of rotatable bonds is 2. The van der Waals surface area contributed by atoms with Crippen molar-refractivity contribution in [2.24, 2.45) is 5.73 Å². The molecule has 1 aromatic rings. The first kappa shape index (κ1) is 17.5. The predicted molar refractivity (Wildman–Crippen MR) is 91.6 cm³/mol. The van der Waals surface area contributed by atoms with E-state index in [4.69, 9.17) is 10.5 Å². The Labute approximate surface area is 138 Å². The molecule has 1 aliphatic rings. The molecule has 0 radical (unpaired) electrons. The van der Waals surface area contributed by atoms with E-state index in [9.17, 15) is 4.79 Å². The number of hydrogen-bond acceptors (Lipinski definition) is 5. The molecule has 6 heteroatoms. The Kier molecular flexibility index (Phi) is 5.14. The topological polar surface area (TPSA) is 71.7 Å². The summed E-state index contributed by atoms with van der Waals surface area (Å²) < 4.78 is 5.42. The molecule has 1 atom stereocenters. The van der Waals surface area contributed by atoms with Crippen molar-refractivity contribution in [3.8, 4) is 0 Å². The van der Waals surface area contributed by atoms with Gasteiger partial charge >= 0.3 is 6.09 Å². The van der Waals surface area contributed by atoms with E-state index < -0.39 is 5.60 Å². The average Bonchev–Trinajstić information content (AvgIpc) is 2.45. The highest BCUT2D eigenvalue weighted by molar-refractivity contribution is 5.68. The molecule has 1 fully saturated rings. The van der Waals surface area contributed by atoms with Gasteiger partial charge in [0.25, 0.3) is 0 Å². The zero-order valence-electron chi connectivity index (χ0n) is 14.8. The lowest BCUT2D eigenvalue weighted by Gasteiger charge is -2.36. The standard InChI is InChI=1S/C17H28N4O2/c1-12-10-14(13(2)18)11-19-15(12)20-6-8-21(9-7-20)16(22)23-17(3,4)5/h10-11,13H,6-9,18H2,1-5H3/t13-/m0/s1. The van der Waals surface area contributed by atoms with E-state index in [2.05, 4.69) is 22.9 Å². The summed E-state index contributed by atoms with van der Waals surface area (Å²) in [6.45, 7) is 12.5. The minimum Gasteiger partial charge on any atom is -0.444 e. The number of nitrogens with zero attached hydrogens (tertiary/aromatic N) is 3. The fourth-order valence-electron chi connectivity index (χ4n) is 2.60. The van der Waals surface area contributed by atoms with Crippen molar-refractivity contribution in [1.82, 2.24) is 9.88 Å². The van der Waals surface area contributed by atoms with Gasteiger partial charge in [0.15, 0.2) is 0 Å². The van der Waals surface area contributed by atoms with E-state index in [0.29, 0.717) is 13.1 Å². The molecule has 0 bridgehead atoms. The molecule has 1 aliphatic heterocycles. The van der Waals surface area contributed by atoms with E-state index in [1.165, 1.54) is 0 Å². The maximum Gasteiger partial charge on any atom is 0.410 e. The van der Waals surface area contributed by atoms with Crippen molar-refractivity contribution in [2.75, 3.05) is 31.1 Å². The summed E-state index contributed by atoms with van der Waals surface area (Å²) in [4.78, 5) is 20.6. The smallest absolute Gasteiger partial charge is 0.410 e. The minimum absolute atomic E-state index is 0.0146. The van der Waals surface area contributed by atoms with Gasteiger partial charge in [-0.2, -0.15) is 0 Å². The van der Waals surface area contributed by atoms with Crippen molar-refractivity contribution in [2.45, 2.75) is 46.3 Å². The van der Waals surface area contributed by atoms with Crippen LogP contribution in [0.2, 0.25) is 0 Å². The van der Waals surface area contributed by atoms with E-state index in [-0.39, 0.29) is 12.1 Å². The highest BCUT2D eigenvalue weighted by Gasteiger charge is 2.26. The summed E-state index contributed by atoms with van der Waals surface area (Å²) in [5.74, 6) is 0.971. The third-order valence-corrected chi connectivity index (χ3v) is 3.83. The quantitative estimate of drug-likeness (QED) is 0.906. The molecule has 0 aromatic carbocycles. The molecule has 2 heterocycles. The normalized spacial score (nSPS) is 17.1. The number of anilines is 1. The van der Waals surface area contributed by atoms with Crippen LogP contribution in [-0.2, 0) is 4.74 Å². The van der Waals surface area contributed by atoms with Gasteiger partial charge in [-0.3, -0.25) is 0 Å². The van der Waals surface area contributed by atoms with Crippen LogP contribution in [0.15, 0.2) is 12.3 Å². The number of ether oxygens (including phenoxy) is 1. The van der Waals surface area contributed by atoms with Crippen LogP contribution in [0.1, 0.15) is 44.9 Å². The second-order valence-electron chi connectivity index (χ2n) is 7.15. The van der Waals surface area contributed by atoms with Crippen molar-refractivity contribution >= 4 is 11.9 Å². The molecule has 1 amide bonds. The molecule has 0 unspecified atom stereocenters. The maximum absolute atomic E-state index is 12.1. The zero-order chi connectivity index (χ0) is 17.2. The Balaban J connectivity index is 1.98. The van der Waals surface area contributed by atoms with Gasteiger partial charge in [0, 0.05) is 38.4 Å². The van der Waals surface area contributed by atoms with Crippen LogP contribution < -0.4 is 10.6 Å². The fraction of sp³-hybridized carbons (Fsp3) is 0.647. The van der Waals surface area contributed by atoms with Gasteiger partial charge in [-0.05, 0) is 51.8 Å². The van der Waals surface area contributed by atoms with E-state index in [0.717, 1.165) is 30.0 Å². The van der Waals surface area contributed by atoms with Crippen LogP contribution in [0.5, 0.6) is 0 Å². The summed E-state index contributed by atoms with van der Waals surface area (Å²) in [5.41, 5.74) is 7.60. The Hall–Kier alpha value is -1.82. The summed E-state index contributed by atoms with van der Waals surface area (Å²) in [6, 6.07) is 2.08. The number of aryl methyl sites for hydroxylation is 1. The fourth-order valence-corrected chi connectivity index (χ4v) is 2.60. The monoisotopic (exact) mass is 320 g/mol. The molecule has 1 aromatic heterocycles. The molecule has 23 heavy (non-hydrogen) atoms. The number of hydrogen-bond donors (Lipinski definition) is 1. The average molecular weight is 320 g/mol. The van der Waals surface area contributed by atoms with Crippen molar-refractivity contribution in [3.63, 3.8) is 0 Å². The molecule has 1 saturated heterocycles. The van der Waals surface area contributed by atoms with Crippen LogP contribution in [0.3, 0.4) is 0 Å². The largest absolute Gasteiger partial charge is 0.444 e. The van der Waals surface area contributed by atoms with Crippen LogP contribution in [-0.4, -0.2) is 47.8 Å². The molecule has 2 N–H and O–H groups in total. The van der Waals surface area contributed by atoms with Gasteiger partial charge in [0.1, 0.15) is 11.4 Å². The summed E-state index contributed by atoms with van der Waals surface area (Å²) in [5, 5.41) is 0. The number of aromatic nitrogens is 1. The highest BCUT2D eigenvalue weighted by atomic mass is 16.6. The summed E-state index contributed by atoms with van der Waals surface area (Å²) >= 11 is 0. The molecule has 0 aliphatic carbocycles. The number of carbonyl (C=O) groups excluding carboxylic acids is 1. The third kappa shape index (κ3) is 4.58. The zero-order valence-corrected chi connectivity index (χ0v) is 14.8. The van der Waals surface area contributed by atoms with Gasteiger partial charge in [-0.1, -0.05) is 0 Å². The first-order chi connectivity index (χ1) is 10.7. The number of pyridine rings is 1. The molecular formula is C17H28N4O2. The lowest BCUT2D eigenvalue weighted by molar-refractivity contribution is 0.0240. The Bertz CT molecular complexity index is 558. The summed E-state index contributed by atoms with van der Waals surface area (Å²) in [6.07, 6.45) is 1.60. The predicted octanol–water partition coefficient (Wildman–Crippen LogP) is 2.47. The number of carbonyl (C=O) groups is 1. The number of nitrogens with two attached hydrogens (primary N) is 1. The third-order valence-electron chi connectivity index (χ3n) is 3.83. The Morgan fingerprint density at radius 3 is 2.39 bits per heavy atom. The van der Waals surface area contributed by atoms with Crippen LogP contribution >= 0.6 is 0 Å². The minimum atomic E-state index is -0.457. The van der Waals surface area contributed by atoms with Crippen LogP contribution in [0.25, 0.3) is 0 Å². The molecule has 128 valence electrons. The van der Waals surface area contributed by atoms with Crippen molar-refractivity contribution < 1.29 is 9.53 Å². The first-order valence-electron chi connectivity index (χ1n) is 8.12. The molecule has 0 saturated carbocycles. The van der Waals surface area contributed by atoms with Gasteiger partial charge in [-0.15, -0.1) is 0 Å². The van der Waals surface area contributed by atoms with Gasteiger partial charge in [-0.25, -0.2) is 9.78 Å². The van der Waals surface area contributed by atoms with Crippen LogP contribution in [0.4, 0.5) is 10.6 Å². The summed E-state index contributed by atoms with van der Waals surface area (Å²) in [7, 11) is 0. The van der Waals surface area contributed by atoms with Gasteiger partial charge < -0.3 is 20.3 Å². The van der Waals surface area contributed by atoms with Gasteiger partial charge in [0.2, 0.25) is 0 Å². The Morgan fingerprint density at radius 2 is 1.91 bits per heavy atom. The van der Waals surface area contributed by atoms with Gasteiger partial charge in [0.05, 0.1) is 0 Å². The second kappa shape index (κ2) is 6.74. The first-order valence-corrected chi connectivity index (χ1v) is 8.12. The lowest BCUT2D eigenvalue weighted by atomic mass is 10.1. The molecular weight excluding hydrogens is 292 g/mol.